The standard InChI is InChI=1S/C15H15N3O3/c1-21-13(19)7-11-8-17-15(20)12-9-16-14(18(11)12)10-5-3-2-4-6-10/h2-6,9,11H,7-8H2,1H3,(H,17,20). The Morgan fingerprint density at radius 3 is 2.90 bits per heavy atom. The molecule has 1 unspecified atom stereocenters. The second-order valence-corrected chi connectivity index (χ2v) is 4.85. The first-order chi connectivity index (χ1) is 10.2. The fourth-order valence-electron chi connectivity index (χ4n) is 2.53. The molecule has 1 N–H and O–H groups in total. The number of esters is 1. The maximum atomic E-state index is 11.9. The minimum Gasteiger partial charge on any atom is -0.469 e. The maximum absolute atomic E-state index is 11.9. The number of nitrogens with zero attached hydrogens (tertiary/aromatic N) is 2. The number of carbonyl (C=O) groups is 2. The van der Waals surface area contributed by atoms with Gasteiger partial charge in [-0.2, -0.15) is 0 Å². The fraction of sp³-hybridized carbons (Fsp3) is 0.267. The molecule has 1 aliphatic heterocycles. The van der Waals surface area contributed by atoms with Gasteiger partial charge in [-0.3, -0.25) is 9.59 Å². The number of nitrogens with one attached hydrogen (secondary N) is 1. The van der Waals surface area contributed by atoms with Crippen LogP contribution in [0.2, 0.25) is 0 Å². The number of imidazole rings is 1. The van der Waals surface area contributed by atoms with Gasteiger partial charge < -0.3 is 14.6 Å². The molecule has 0 aliphatic carbocycles. The van der Waals surface area contributed by atoms with E-state index in [1.165, 1.54) is 7.11 Å². The van der Waals surface area contributed by atoms with Gasteiger partial charge in [0.25, 0.3) is 5.91 Å². The average Bonchev–Trinajstić information content (AvgIpc) is 2.97. The summed E-state index contributed by atoms with van der Waals surface area (Å²) in [5, 5.41) is 2.78. The molecule has 0 saturated heterocycles. The first-order valence-corrected chi connectivity index (χ1v) is 6.68. The third kappa shape index (κ3) is 2.40. The summed E-state index contributed by atoms with van der Waals surface area (Å²) in [6.07, 6.45) is 1.74. The Balaban J connectivity index is 2.05. The number of methoxy groups -OCH3 is 1. The lowest BCUT2D eigenvalue weighted by Gasteiger charge is -2.26. The van der Waals surface area contributed by atoms with Crippen molar-refractivity contribution in [3.63, 3.8) is 0 Å². The largest absolute Gasteiger partial charge is 0.469 e. The summed E-state index contributed by atoms with van der Waals surface area (Å²) in [6.45, 7) is 0.386. The van der Waals surface area contributed by atoms with Crippen LogP contribution >= 0.6 is 0 Å². The number of rotatable bonds is 3. The third-order valence-corrected chi connectivity index (χ3v) is 3.55. The van der Waals surface area contributed by atoms with Crippen molar-refractivity contribution in [2.75, 3.05) is 13.7 Å². The van der Waals surface area contributed by atoms with Crippen LogP contribution < -0.4 is 5.32 Å². The van der Waals surface area contributed by atoms with E-state index in [1.807, 2.05) is 34.9 Å². The molecule has 1 aromatic heterocycles. The van der Waals surface area contributed by atoms with Crippen molar-refractivity contribution in [2.24, 2.45) is 0 Å². The quantitative estimate of drug-likeness (QED) is 0.865. The summed E-state index contributed by atoms with van der Waals surface area (Å²) in [5.74, 6) is 0.204. The molecule has 1 aliphatic rings. The highest BCUT2D eigenvalue weighted by Gasteiger charge is 2.30. The van der Waals surface area contributed by atoms with Crippen molar-refractivity contribution >= 4 is 11.9 Å². The molecule has 0 fully saturated rings. The van der Waals surface area contributed by atoms with Crippen LogP contribution in [0, 0.1) is 0 Å². The van der Waals surface area contributed by atoms with E-state index in [0.717, 1.165) is 5.56 Å². The van der Waals surface area contributed by atoms with Crippen LogP contribution in [0.25, 0.3) is 11.4 Å². The van der Waals surface area contributed by atoms with Crippen LogP contribution in [0.15, 0.2) is 36.5 Å². The number of aromatic nitrogens is 2. The van der Waals surface area contributed by atoms with Crippen LogP contribution in [-0.2, 0) is 9.53 Å². The van der Waals surface area contributed by atoms with Gasteiger partial charge in [-0.15, -0.1) is 0 Å². The summed E-state index contributed by atoms with van der Waals surface area (Å²) < 4.78 is 6.56. The fourth-order valence-corrected chi connectivity index (χ4v) is 2.53. The van der Waals surface area contributed by atoms with Gasteiger partial charge in [0.05, 0.1) is 25.8 Å². The minimum absolute atomic E-state index is 0.175. The average molecular weight is 285 g/mol. The molecule has 2 aromatic rings. The number of fused-ring (bicyclic) bond motifs is 1. The van der Waals surface area contributed by atoms with Gasteiger partial charge in [0.2, 0.25) is 0 Å². The van der Waals surface area contributed by atoms with Crippen molar-refractivity contribution < 1.29 is 14.3 Å². The Kier molecular flexibility index (Phi) is 3.43. The lowest BCUT2D eigenvalue weighted by Crippen LogP contribution is -2.39. The second kappa shape index (κ2) is 5.40. The van der Waals surface area contributed by atoms with E-state index in [4.69, 9.17) is 4.74 Å². The van der Waals surface area contributed by atoms with E-state index in [9.17, 15) is 9.59 Å². The second-order valence-electron chi connectivity index (χ2n) is 4.85. The summed E-state index contributed by atoms with van der Waals surface area (Å²) >= 11 is 0. The topological polar surface area (TPSA) is 73.2 Å². The smallest absolute Gasteiger partial charge is 0.307 e. The zero-order valence-corrected chi connectivity index (χ0v) is 11.6. The number of amides is 1. The highest BCUT2D eigenvalue weighted by atomic mass is 16.5. The molecule has 21 heavy (non-hydrogen) atoms. The van der Waals surface area contributed by atoms with E-state index in [-0.39, 0.29) is 24.3 Å². The first-order valence-electron chi connectivity index (χ1n) is 6.68. The normalized spacial score (nSPS) is 17.0. The molecular formula is C15H15N3O3. The number of hydrogen-bond donors (Lipinski definition) is 1. The molecule has 3 rings (SSSR count). The monoisotopic (exact) mass is 285 g/mol. The van der Waals surface area contributed by atoms with Crippen molar-refractivity contribution in [2.45, 2.75) is 12.5 Å². The van der Waals surface area contributed by atoms with Crippen LogP contribution in [0.5, 0.6) is 0 Å². The van der Waals surface area contributed by atoms with Gasteiger partial charge in [0.1, 0.15) is 11.5 Å². The zero-order chi connectivity index (χ0) is 14.8. The summed E-state index contributed by atoms with van der Waals surface area (Å²) in [5.41, 5.74) is 1.38. The Bertz CT molecular complexity index is 679. The number of hydrogen-bond acceptors (Lipinski definition) is 4. The molecule has 6 nitrogen and oxygen atoms in total. The van der Waals surface area contributed by atoms with Crippen LogP contribution in [0.3, 0.4) is 0 Å². The Morgan fingerprint density at radius 1 is 1.43 bits per heavy atom. The van der Waals surface area contributed by atoms with E-state index in [0.29, 0.717) is 18.1 Å². The van der Waals surface area contributed by atoms with Crippen molar-refractivity contribution in [1.82, 2.24) is 14.9 Å². The summed E-state index contributed by atoms with van der Waals surface area (Å²) in [4.78, 5) is 27.9. The predicted molar refractivity (Wildman–Crippen MR) is 75.7 cm³/mol. The molecule has 1 aromatic carbocycles. The van der Waals surface area contributed by atoms with Crippen LogP contribution in [0.4, 0.5) is 0 Å². The SMILES string of the molecule is COC(=O)CC1CNC(=O)c2cnc(-c3ccccc3)n21. The van der Waals surface area contributed by atoms with Crippen LogP contribution in [0.1, 0.15) is 23.0 Å². The molecule has 0 bridgehead atoms. The predicted octanol–water partition coefficient (Wildman–Crippen LogP) is 1.40. The van der Waals surface area contributed by atoms with E-state index in [2.05, 4.69) is 10.3 Å². The maximum Gasteiger partial charge on any atom is 0.307 e. The third-order valence-electron chi connectivity index (χ3n) is 3.55. The minimum atomic E-state index is -0.310. The Morgan fingerprint density at radius 2 is 2.19 bits per heavy atom. The molecular weight excluding hydrogens is 270 g/mol. The van der Waals surface area contributed by atoms with Gasteiger partial charge in [0.15, 0.2) is 0 Å². The zero-order valence-electron chi connectivity index (χ0n) is 11.6. The molecule has 6 heteroatoms. The molecule has 1 amide bonds. The van der Waals surface area contributed by atoms with Crippen molar-refractivity contribution in [3.05, 3.63) is 42.2 Å². The number of benzene rings is 1. The van der Waals surface area contributed by atoms with Crippen molar-refractivity contribution in [3.8, 4) is 11.4 Å². The number of ether oxygens (including phenoxy) is 1. The van der Waals surface area contributed by atoms with Gasteiger partial charge in [-0.05, 0) is 0 Å². The van der Waals surface area contributed by atoms with E-state index >= 15 is 0 Å². The van der Waals surface area contributed by atoms with Crippen molar-refractivity contribution in [1.29, 1.82) is 0 Å². The lowest BCUT2D eigenvalue weighted by atomic mass is 10.1. The first kappa shape index (κ1) is 13.4. The number of carbonyl (C=O) groups excluding carboxylic acids is 2. The van der Waals surface area contributed by atoms with E-state index < -0.39 is 0 Å². The lowest BCUT2D eigenvalue weighted by molar-refractivity contribution is -0.141. The summed E-state index contributed by atoms with van der Waals surface area (Å²) in [6, 6.07) is 9.41. The highest BCUT2D eigenvalue weighted by Crippen LogP contribution is 2.27. The summed E-state index contributed by atoms with van der Waals surface area (Å²) in [7, 11) is 1.36. The molecule has 1 atom stereocenters. The molecule has 0 radical (unpaired) electrons. The Hall–Kier alpha value is -2.63. The van der Waals surface area contributed by atoms with Crippen LogP contribution in [-0.4, -0.2) is 35.1 Å². The highest BCUT2D eigenvalue weighted by molar-refractivity contribution is 5.94. The molecule has 0 spiro atoms. The van der Waals surface area contributed by atoms with Gasteiger partial charge in [-0.1, -0.05) is 30.3 Å². The molecule has 108 valence electrons. The molecule has 2 heterocycles. The molecule has 0 saturated carbocycles. The van der Waals surface area contributed by atoms with Gasteiger partial charge >= 0.3 is 5.97 Å². The van der Waals surface area contributed by atoms with E-state index in [1.54, 1.807) is 6.20 Å². The van der Waals surface area contributed by atoms with Gasteiger partial charge in [0, 0.05) is 12.1 Å². The Labute approximate surface area is 121 Å². The van der Waals surface area contributed by atoms with Gasteiger partial charge in [-0.25, -0.2) is 4.98 Å².